The lowest BCUT2D eigenvalue weighted by Crippen LogP contribution is -2.56. The summed E-state index contributed by atoms with van der Waals surface area (Å²) in [6, 6.07) is 5.82. The smallest absolute Gasteiger partial charge is 0.313 e. The number of nitrogens with zero attached hydrogens (tertiary/aromatic N) is 3. The van der Waals surface area contributed by atoms with Crippen molar-refractivity contribution < 1.29 is 19.4 Å². The van der Waals surface area contributed by atoms with Gasteiger partial charge in [0.25, 0.3) is 0 Å². The molecule has 1 aromatic heterocycles. The number of carboxylic acids is 1. The van der Waals surface area contributed by atoms with Crippen molar-refractivity contribution in [3.8, 4) is 0 Å². The molecule has 1 fully saturated rings. The summed E-state index contributed by atoms with van der Waals surface area (Å²) in [6.45, 7) is 8.28. The van der Waals surface area contributed by atoms with Gasteiger partial charge in [-0.15, -0.1) is 0 Å². The van der Waals surface area contributed by atoms with Crippen LogP contribution in [0.4, 0.5) is 4.39 Å². The number of aliphatic carboxylic acids is 1. The summed E-state index contributed by atoms with van der Waals surface area (Å²) in [4.78, 5) is 14.3. The van der Waals surface area contributed by atoms with Gasteiger partial charge >= 0.3 is 5.97 Å². The fourth-order valence-electron chi connectivity index (χ4n) is 4.22. The van der Waals surface area contributed by atoms with Gasteiger partial charge in [0.15, 0.2) is 0 Å². The molecule has 0 bridgehead atoms. The van der Waals surface area contributed by atoms with Crippen LogP contribution in [-0.4, -0.2) is 50.1 Å². The van der Waals surface area contributed by atoms with Crippen LogP contribution in [0.15, 0.2) is 24.3 Å². The highest BCUT2D eigenvalue weighted by molar-refractivity contribution is 5.76. The average Bonchev–Trinajstić information content (AvgIpc) is 2.93. The number of aromatic nitrogens is 2. The molecule has 1 saturated heterocycles. The normalized spacial score (nSPS) is 23.1. The Morgan fingerprint density at radius 1 is 1.32 bits per heavy atom. The number of hydrogen-bond acceptors (Lipinski definition) is 4. The highest BCUT2D eigenvalue weighted by Gasteiger charge is 2.49. The molecular formula is C21H28FN3O3. The Morgan fingerprint density at radius 2 is 2.00 bits per heavy atom. The number of hydrogen-bond donors (Lipinski definition) is 2. The van der Waals surface area contributed by atoms with Gasteiger partial charge in [0.1, 0.15) is 11.2 Å². The SMILES string of the molecule is CCn1nc(C)c(CN2CC[C@@H](O)[C@](Cc3ccc(F)cc3)(C(=O)O)C2)c1C. The lowest BCUT2D eigenvalue weighted by atomic mass is 9.72. The van der Waals surface area contributed by atoms with E-state index in [9.17, 15) is 19.4 Å². The molecule has 2 heterocycles. The van der Waals surface area contributed by atoms with Crippen LogP contribution in [0.25, 0.3) is 0 Å². The molecule has 2 N–H and O–H groups in total. The quantitative estimate of drug-likeness (QED) is 0.794. The predicted octanol–water partition coefficient (Wildman–Crippen LogP) is 2.54. The maximum atomic E-state index is 13.2. The number of aliphatic hydroxyl groups excluding tert-OH is 1. The molecule has 1 aliphatic rings. The number of halogens is 1. The van der Waals surface area contributed by atoms with E-state index in [1.54, 1.807) is 12.1 Å². The molecular weight excluding hydrogens is 361 g/mol. The minimum Gasteiger partial charge on any atom is -0.481 e. The second-order valence-corrected chi connectivity index (χ2v) is 7.74. The Balaban J connectivity index is 1.86. The molecule has 0 unspecified atom stereocenters. The van der Waals surface area contributed by atoms with Crippen LogP contribution in [0.5, 0.6) is 0 Å². The summed E-state index contributed by atoms with van der Waals surface area (Å²) >= 11 is 0. The molecule has 1 aliphatic heterocycles. The predicted molar refractivity (Wildman–Crippen MR) is 103 cm³/mol. The fourth-order valence-corrected chi connectivity index (χ4v) is 4.22. The topological polar surface area (TPSA) is 78.6 Å². The fraction of sp³-hybridized carbons (Fsp3) is 0.524. The first-order chi connectivity index (χ1) is 13.3. The zero-order valence-corrected chi connectivity index (χ0v) is 16.7. The average molecular weight is 389 g/mol. The summed E-state index contributed by atoms with van der Waals surface area (Å²) in [7, 11) is 0. The zero-order chi connectivity index (χ0) is 20.5. The second kappa shape index (κ2) is 8.01. The molecule has 28 heavy (non-hydrogen) atoms. The van der Waals surface area contributed by atoms with E-state index in [-0.39, 0.29) is 18.8 Å². The largest absolute Gasteiger partial charge is 0.481 e. The number of carboxylic acid groups (broad SMARTS) is 1. The van der Waals surface area contributed by atoms with E-state index in [2.05, 4.69) is 10.00 Å². The van der Waals surface area contributed by atoms with Gasteiger partial charge in [-0.2, -0.15) is 5.10 Å². The first-order valence-corrected chi connectivity index (χ1v) is 9.68. The number of aryl methyl sites for hydroxylation is 2. The maximum Gasteiger partial charge on any atom is 0.313 e. The van der Waals surface area contributed by atoms with Gasteiger partial charge in [-0.25, -0.2) is 4.39 Å². The zero-order valence-electron chi connectivity index (χ0n) is 16.7. The molecule has 1 aromatic carbocycles. The molecule has 0 radical (unpaired) electrons. The lowest BCUT2D eigenvalue weighted by Gasteiger charge is -2.43. The Labute approximate surface area is 164 Å². The lowest BCUT2D eigenvalue weighted by molar-refractivity contribution is -0.163. The van der Waals surface area contributed by atoms with Crippen molar-refractivity contribution in [3.05, 3.63) is 52.6 Å². The number of piperidine rings is 1. The highest BCUT2D eigenvalue weighted by atomic mass is 19.1. The summed E-state index contributed by atoms with van der Waals surface area (Å²) < 4.78 is 15.2. The molecule has 2 atom stereocenters. The van der Waals surface area contributed by atoms with Crippen LogP contribution < -0.4 is 0 Å². The summed E-state index contributed by atoms with van der Waals surface area (Å²) in [5, 5.41) is 25.2. The molecule has 0 aliphatic carbocycles. The molecule has 152 valence electrons. The van der Waals surface area contributed by atoms with Crippen LogP contribution in [0.1, 0.15) is 35.9 Å². The second-order valence-electron chi connectivity index (χ2n) is 7.74. The highest BCUT2D eigenvalue weighted by Crippen LogP contribution is 2.35. The third kappa shape index (κ3) is 3.82. The van der Waals surface area contributed by atoms with Gasteiger partial charge in [0.2, 0.25) is 0 Å². The van der Waals surface area contributed by atoms with Gasteiger partial charge in [-0.05, 0) is 51.3 Å². The molecule has 7 heteroatoms. The summed E-state index contributed by atoms with van der Waals surface area (Å²) in [5.74, 6) is -1.38. The van der Waals surface area contributed by atoms with Crippen LogP contribution in [0, 0.1) is 25.1 Å². The van der Waals surface area contributed by atoms with Crippen molar-refractivity contribution in [2.24, 2.45) is 5.41 Å². The van der Waals surface area contributed by atoms with Crippen molar-refractivity contribution in [2.75, 3.05) is 13.1 Å². The molecule has 0 amide bonds. The third-order valence-electron chi connectivity index (χ3n) is 5.93. The van der Waals surface area contributed by atoms with E-state index >= 15 is 0 Å². The van der Waals surface area contributed by atoms with E-state index in [1.165, 1.54) is 12.1 Å². The van der Waals surface area contributed by atoms with Crippen molar-refractivity contribution in [2.45, 2.75) is 52.8 Å². The first-order valence-electron chi connectivity index (χ1n) is 9.68. The first kappa shape index (κ1) is 20.5. The number of carbonyl (C=O) groups is 1. The monoisotopic (exact) mass is 389 g/mol. The molecule has 3 rings (SSSR count). The Hall–Kier alpha value is -2.25. The van der Waals surface area contributed by atoms with Crippen LogP contribution >= 0.6 is 0 Å². The van der Waals surface area contributed by atoms with E-state index in [1.807, 2.05) is 25.5 Å². The van der Waals surface area contributed by atoms with Gasteiger partial charge in [-0.1, -0.05) is 12.1 Å². The van der Waals surface area contributed by atoms with Gasteiger partial charge in [0, 0.05) is 37.4 Å². The van der Waals surface area contributed by atoms with Crippen molar-refractivity contribution in [1.29, 1.82) is 0 Å². The van der Waals surface area contributed by atoms with Crippen molar-refractivity contribution in [1.82, 2.24) is 14.7 Å². The summed E-state index contributed by atoms with van der Waals surface area (Å²) in [5.41, 5.74) is 2.53. The van der Waals surface area contributed by atoms with Gasteiger partial charge in [-0.3, -0.25) is 14.4 Å². The maximum absolute atomic E-state index is 13.2. The van der Waals surface area contributed by atoms with Crippen LogP contribution in [0.3, 0.4) is 0 Å². The minimum atomic E-state index is -1.32. The number of benzene rings is 1. The molecule has 2 aromatic rings. The number of likely N-dealkylation sites (tertiary alicyclic amines) is 1. The molecule has 0 spiro atoms. The summed E-state index contributed by atoms with van der Waals surface area (Å²) in [6.07, 6.45) is -0.410. The standard InChI is InChI=1S/C21H28FN3O3/c1-4-25-15(3)18(14(2)23-25)12-24-10-9-19(26)21(13-24,20(27)28)11-16-5-7-17(22)8-6-16/h5-8,19,26H,4,9-13H2,1-3H3,(H,27,28)/t19-,21-/m1/s1. The van der Waals surface area contributed by atoms with E-state index in [4.69, 9.17) is 0 Å². The minimum absolute atomic E-state index is 0.159. The molecule has 6 nitrogen and oxygen atoms in total. The Kier molecular flexibility index (Phi) is 5.86. The van der Waals surface area contributed by atoms with Crippen molar-refractivity contribution in [3.63, 3.8) is 0 Å². The third-order valence-corrected chi connectivity index (χ3v) is 5.93. The van der Waals surface area contributed by atoms with Gasteiger partial charge < -0.3 is 10.2 Å². The van der Waals surface area contributed by atoms with Crippen LogP contribution in [-0.2, 0) is 24.3 Å². The Morgan fingerprint density at radius 3 is 2.57 bits per heavy atom. The van der Waals surface area contributed by atoms with Crippen molar-refractivity contribution >= 4 is 5.97 Å². The van der Waals surface area contributed by atoms with Gasteiger partial charge in [0.05, 0.1) is 11.8 Å². The molecule has 0 saturated carbocycles. The number of aliphatic hydroxyl groups is 1. The van der Waals surface area contributed by atoms with Crippen LogP contribution in [0.2, 0.25) is 0 Å². The van der Waals surface area contributed by atoms with E-state index in [0.717, 1.165) is 23.5 Å². The van der Waals surface area contributed by atoms with E-state index in [0.29, 0.717) is 25.1 Å². The Bertz CT molecular complexity index is 849. The van der Waals surface area contributed by atoms with E-state index < -0.39 is 17.5 Å². The number of rotatable bonds is 6.